The Morgan fingerprint density at radius 1 is 1.30 bits per heavy atom. The lowest BCUT2D eigenvalue weighted by atomic mass is 9.98. The molecular weight excluding hydrogens is 336 g/mol. The van der Waals surface area contributed by atoms with Gasteiger partial charge in [-0.15, -0.1) is 0 Å². The van der Waals surface area contributed by atoms with E-state index in [0.29, 0.717) is 11.6 Å². The average Bonchev–Trinajstić information content (AvgIpc) is 2.37. The number of benzene rings is 1. The monoisotopic (exact) mass is 358 g/mol. The molecule has 1 fully saturated rings. The molecule has 1 heterocycles. The van der Waals surface area contributed by atoms with Crippen LogP contribution in [0.2, 0.25) is 5.02 Å². The van der Waals surface area contributed by atoms with Gasteiger partial charge in [0, 0.05) is 40.7 Å². The van der Waals surface area contributed by atoms with Crippen LogP contribution >= 0.6 is 27.5 Å². The quantitative estimate of drug-likeness (QED) is 0.857. The van der Waals surface area contributed by atoms with E-state index in [4.69, 9.17) is 11.6 Å². The Kier molecular flexibility index (Phi) is 5.52. The van der Waals surface area contributed by atoms with E-state index in [0.717, 1.165) is 16.0 Å². The predicted octanol–water partition coefficient (Wildman–Crippen LogP) is 4.46. The Bertz CT molecular complexity index is 448. The minimum absolute atomic E-state index is 0.296. The van der Waals surface area contributed by atoms with Gasteiger partial charge >= 0.3 is 0 Å². The van der Waals surface area contributed by atoms with Crippen LogP contribution in [0.1, 0.15) is 39.2 Å². The maximum atomic E-state index is 5.97. The highest BCUT2D eigenvalue weighted by molar-refractivity contribution is 9.10. The fourth-order valence-corrected chi connectivity index (χ4v) is 3.50. The summed E-state index contributed by atoms with van der Waals surface area (Å²) < 4.78 is 1.09. The zero-order valence-corrected chi connectivity index (χ0v) is 14.9. The molecule has 1 saturated heterocycles. The van der Waals surface area contributed by atoms with Crippen molar-refractivity contribution in [1.29, 1.82) is 0 Å². The second kappa shape index (κ2) is 6.78. The van der Waals surface area contributed by atoms with Gasteiger partial charge in [0.15, 0.2) is 0 Å². The molecule has 0 radical (unpaired) electrons. The molecule has 2 nitrogen and oxygen atoms in total. The number of nitrogens with zero attached hydrogens (tertiary/aromatic N) is 1. The molecule has 0 spiro atoms. The fraction of sp³-hybridized carbons (Fsp3) is 0.625. The number of hydrogen-bond donors (Lipinski definition) is 1. The third-order valence-corrected chi connectivity index (χ3v) is 5.01. The molecule has 0 unspecified atom stereocenters. The summed E-state index contributed by atoms with van der Waals surface area (Å²) in [6.07, 6.45) is 2.45. The van der Waals surface area contributed by atoms with Gasteiger partial charge in [0.2, 0.25) is 0 Å². The zero-order chi connectivity index (χ0) is 14.8. The summed E-state index contributed by atoms with van der Waals surface area (Å²) in [4.78, 5) is 2.57. The Labute approximate surface area is 136 Å². The van der Waals surface area contributed by atoms with E-state index < -0.39 is 0 Å². The number of halogens is 2. The second-order valence-corrected chi connectivity index (χ2v) is 7.84. The van der Waals surface area contributed by atoms with Crippen LogP contribution in [-0.2, 0) is 6.54 Å². The van der Waals surface area contributed by atoms with Crippen LogP contribution in [0.3, 0.4) is 0 Å². The third-order valence-electron chi connectivity index (χ3n) is 4.04. The number of piperidine rings is 1. The third kappa shape index (κ3) is 4.45. The molecule has 0 aliphatic carbocycles. The number of nitrogens with one attached hydrogen (secondary N) is 1. The van der Waals surface area contributed by atoms with Crippen LogP contribution in [0.25, 0.3) is 0 Å². The fourth-order valence-electron chi connectivity index (χ4n) is 2.67. The van der Waals surface area contributed by atoms with E-state index >= 15 is 0 Å². The molecule has 0 amide bonds. The summed E-state index contributed by atoms with van der Waals surface area (Å²) in [5.74, 6) is 0. The molecule has 0 saturated carbocycles. The summed E-state index contributed by atoms with van der Waals surface area (Å²) in [5.41, 5.74) is 1.57. The van der Waals surface area contributed by atoms with Gasteiger partial charge in [0.25, 0.3) is 0 Å². The first-order valence-corrected chi connectivity index (χ1v) is 8.46. The van der Waals surface area contributed by atoms with E-state index in [9.17, 15) is 0 Å². The van der Waals surface area contributed by atoms with Crippen molar-refractivity contribution in [3.8, 4) is 0 Å². The molecule has 0 bridgehead atoms. The Balaban J connectivity index is 1.82. The minimum atomic E-state index is 0.296. The normalized spacial score (nSPS) is 18.4. The van der Waals surface area contributed by atoms with E-state index in [2.05, 4.69) is 53.0 Å². The molecule has 2 rings (SSSR count). The number of hydrogen-bond acceptors (Lipinski definition) is 2. The first-order valence-electron chi connectivity index (χ1n) is 7.28. The topological polar surface area (TPSA) is 15.3 Å². The molecule has 1 N–H and O–H groups in total. The molecule has 112 valence electrons. The van der Waals surface area contributed by atoms with E-state index in [-0.39, 0.29) is 0 Å². The molecule has 0 aromatic heterocycles. The Hall–Kier alpha value is -0.0900. The summed E-state index contributed by atoms with van der Waals surface area (Å²) in [5, 5.41) is 4.45. The van der Waals surface area contributed by atoms with Gasteiger partial charge in [-0.1, -0.05) is 33.6 Å². The van der Waals surface area contributed by atoms with Gasteiger partial charge < -0.3 is 5.32 Å². The average molecular weight is 360 g/mol. The van der Waals surface area contributed by atoms with Crippen LogP contribution in [0.4, 0.5) is 0 Å². The zero-order valence-electron chi connectivity index (χ0n) is 12.5. The molecular formula is C16H24BrClN2. The van der Waals surface area contributed by atoms with E-state index in [1.165, 1.54) is 31.5 Å². The van der Waals surface area contributed by atoms with Crippen molar-refractivity contribution in [1.82, 2.24) is 10.2 Å². The lowest BCUT2D eigenvalue weighted by Gasteiger charge is -2.41. The summed E-state index contributed by atoms with van der Waals surface area (Å²) >= 11 is 9.54. The predicted molar refractivity (Wildman–Crippen MR) is 90.3 cm³/mol. The van der Waals surface area contributed by atoms with Crippen molar-refractivity contribution >= 4 is 27.5 Å². The van der Waals surface area contributed by atoms with Crippen molar-refractivity contribution in [2.75, 3.05) is 13.1 Å². The molecule has 1 aliphatic rings. The van der Waals surface area contributed by atoms with Crippen molar-refractivity contribution in [2.45, 2.75) is 51.7 Å². The maximum Gasteiger partial charge on any atom is 0.0417 e. The number of likely N-dealkylation sites (tertiary alicyclic amines) is 1. The van der Waals surface area contributed by atoms with Crippen LogP contribution in [0.15, 0.2) is 22.7 Å². The largest absolute Gasteiger partial charge is 0.310 e. The lowest BCUT2D eigenvalue weighted by Crippen LogP contribution is -2.49. The summed E-state index contributed by atoms with van der Waals surface area (Å²) in [6.45, 7) is 10.2. The minimum Gasteiger partial charge on any atom is -0.310 e. The highest BCUT2D eigenvalue weighted by Gasteiger charge is 2.26. The highest BCUT2D eigenvalue weighted by atomic mass is 79.9. The van der Waals surface area contributed by atoms with Crippen molar-refractivity contribution < 1.29 is 0 Å². The first-order chi connectivity index (χ1) is 9.36. The van der Waals surface area contributed by atoms with Crippen molar-refractivity contribution in [2.24, 2.45) is 0 Å². The van der Waals surface area contributed by atoms with Crippen LogP contribution in [-0.4, -0.2) is 29.6 Å². The van der Waals surface area contributed by atoms with Gasteiger partial charge in [-0.25, -0.2) is 0 Å². The molecule has 0 atom stereocenters. The summed E-state index contributed by atoms with van der Waals surface area (Å²) in [6, 6.07) is 6.62. The Morgan fingerprint density at radius 3 is 2.50 bits per heavy atom. The number of rotatable bonds is 3. The standard InChI is InChI=1S/C16H24BrClN2/c1-16(2,3)20-8-6-14(7-9-20)19-11-12-4-5-13(18)10-15(12)17/h4-5,10,14,19H,6-9,11H2,1-3H3. The molecule has 4 heteroatoms. The molecule has 1 aliphatic heterocycles. The molecule has 1 aromatic rings. The van der Waals surface area contributed by atoms with Gasteiger partial charge in [-0.3, -0.25) is 4.90 Å². The van der Waals surface area contributed by atoms with Crippen molar-refractivity contribution in [3.63, 3.8) is 0 Å². The van der Waals surface area contributed by atoms with Gasteiger partial charge in [-0.05, 0) is 51.3 Å². The van der Waals surface area contributed by atoms with E-state index in [1.54, 1.807) is 0 Å². The maximum absolute atomic E-state index is 5.97. The first kappa shape index (κ1) is 16.3. The smallest absolute Gasteiger partial charge is 0.0417 e. The lowest BCUT2D eigenvalue weighted by molar-refractivity contribution is 0.0960. The second-order valence-electron chi connectivity index (χ2n) is 6.55. The van der Waals surface area contributed by atoms with Crippen LogP contribution < -0.4 is 5.32 Å². The summed E-state index contributed by atoms with van der Waals surface area (Å²) in [7, 11) is 0. The molecule has 1 aromatic carbocycles. The van der Waals surface area contributed by atoms with Crippen LogP contribution in [0.5, 0.6) is 0 Å². The van der Waals surface area contributed by atoms with Gasteiger partial charge in [0.05, 0.1) is 0 Å². The van der Waals surface area contributed by atoms with Gasteiger partial charge in [-0.2, -0.15) is 0 Å². The highest BCUT2D eigenvalue weighted by Crippen LogP contribution is 2.23. The Morgan fingerprint density at radius 2 is 1.95 bits per heavy atom. The van der Waals surface area contributed by atoms with Gasteiger partial charge in [0.1, 0.15) is 0 Å². The van der Waals surface area contributed by atoms with Crippen molar-refractivity contribution in [3.05, 3.63) is 33.3 Å². The van der Waals surface area contributed by atoms with Crippen LogP contribution in [0, 0.1) is 0 Å². The SMILES string of the molecule is CC(C)(C)N1CCC(NCc2ccc(Cl)cc2Br)CC1. The molecule has 20 heavy (non-hydrogen) atoms. The van der Waals surface area contributed by atoms with E-state index in [1.807, 2.05) is 12.1 Å².